The summed E-state index contributed by atoms with van der Waals surface area (Å²) in [6.45, 7) is 1.60. The highest BCUT2D eigenvalue weighted by Gasteiger charge is 2.32. The molecule has 1 saturated carbocycles. The van der Waals surface area contributed by atoms with Gasteiger partial charge < -0.3 is 9.88 Å². The van der Waals surface area contributed by atoms with Gasteiger partial charge in [0.25, 0.3) is 0 Å². The summed E-state index contributed by atoms with van der Waals surface area (Å²) in [7, 11) is 0. The zero-order valence-electron chi connectivity index (χ0n) is 15.3. The van der Waals surface area contributed by atoms with E-state index in [1.54, 1.807) is 0 Å². The van der Waals surface area contributed by atoms with E-state index in [1.807, 2.05) is 23.2 Å². The van der Waals surface area contributed by atoms with E-state index in [0.717, 1.165) is 44.0 Å². The fourth-order valence-electron chi connectivity index (χ4n) is 4.39. The minimum atomic E-state index is -0.593. The quantitative estimate of drug-likeness (QED) is 0.889. The monoisotopic (exact) mass is 373 g/mol. The summed E-state index contributed by atoms with van der Waals surface area (Å²) in [4.78, 5) is 14.6. The van der Waals surface area contributed by atoms with Gasteiger partial charge in [-0.05, 0) is 31.0 Å². The lowest BCUT2D eigenvalue weighted by atomic mass is 9.95. The predicted octanol–water partition coefficient (Wildman–Crippen LogP) is 3.62. The first kappa shape index (κ1) is 18.2. The lowest BCUT2D eigenvalue weighted by Gasteiger charge is -2.37. The highest BCUT2D eigenvalue weighted by atomic mass is 19.1. The predicted molar refractivity (Wildman–Crippen MR) is 99.2 cm³/mol. The summed E-state index contributed by atoms with van der Waals surface area (Å²) in [5, 5.41) is 3.14. The zero-order chi connectivity index (χ0) is 18.8. The normalized spacial score (nSPS) is 21.0. The molecule has 1 aliphatic heterocycles. The molecule has 0 bridgehead atoms. The van der Waals surface area contributed by atoms with Crippen molar-refractivity contribution in [2.24, 2.45) is 0 Å². The van der Waals surface area contributed by atoms with Crippen LogP contribution < -0.4 is 5.32 Å². The minimum Gasteiger partial charge on any atom is -0.352 e. The van der Waals surface area contributed by atoms with Gasteiger partial charge in [-0.25, -0.2) is 8.78 Å². The number of amides is 1. The SMILES string of the molecule is O=C(CN1CCn2cccc2C1c1ccc(F)cc1F)NC1CCCCC1. The number of nitrogens with zero attached hydrogens (tertiary/aromatic N) is 2. The van der Waals surface area contributed by atoms with Crippen molar-refractivity contribution in [2.75, 3.05) is 13.1 Å². The molecule has 1 unspecified atom stereocenters. The third-order valence-corrected chi connectivity index (χ3v) is 5.71. The average molecular weight is 373 g/mol. The van der Waals surface area contributed by atoms with Crippen molar-refractivity contribution >= 4 is 5.91 Å². The Morgan fingerprint density at radius 1 is 1.11 bits per heavy atom. The Bertz CT molecular complexity index is 814. The molecule has 0 radical (unpaired) electrons. The summed E-state index contributed by atoms with van der Waals surface area (Å²) >= 11 is 0. The van der Waals surface area contributed by atoms with Gasteiger partial charge in [-0.1, -0.05) is 25.3 Å². The first-order valence-corrected chi connectivity index (χ1v) is 9.75. The van der Waals surface area contributed by atoms with Crippen LogP contribution >= 0.6 is 0 Å². The van der Waals surface area contributed by atoms with Gasteiger partial charge in [0.15, 0.2) is 0 Å². The number of hydrogen-bond donors (Lipinski definition) is 1. The molecule has 0 spiro atoms. The highest BCUT2D eigenvalue weighted by Crippen LogP contribution is 2.33. The number of carbonyl (C=O) groups is 1. The van der Waals surface area contributed by atoms with Gasteiger partial charge in [-0.3, -0.25) is 9.69 Å². The van der Waals surface area contributed by atoms with E-state index in [-0.39, 0.29) is 18.5 Å². The van der Waals surface area contributed by atoms with Crippen molar-refractivity contribution in [1.29, 1.82) is 0 Å². The third kappa shape index (κ3) is 3.90. The van der Waals surface area contributed by atoms with E-state index < -0.39 is 17.7 Å². The Morgan fingerprint density at radius 2 is 1.93 bits per heavy atom. The number of aromatic nitrogens is 1. The number of carbonyl (C=O) groups excluding carboxylic acids is 1. The first-order valence-electron chi connectivity index (χ1n) is 9.75. The maximum atomic E-state index is 14.5. The van der Waals surface area contributed by atoms with E-state index in [2.05, 4.69) is 9.88 Å². The summed E-state index contributed by atoms with van der Waals surface area (Å²) in [5.41, 5.74) is 1.33. The molecule has 1 N–H and O–H groups in total. The van der Waals surface area contributed by atoms with Crippen LogP contribution in [0.3, 0.4) is 0 Å². The molecule has 144 valence electrons. The third-order valence-electron chi connectivity index (χ3n) is 5.71. The van der Waals surface area contributed by atoms with Crippen molar-refractivity contribution in [3.05, 3.63) is 59.4 Å². The van der Waals surface area contributed by atoms with Crippen molar-refractivity contribution in [2.45, 2.75) is 50.7 Å². The van der Waals surface area contributed by atoms with Crippen LogP contribution in [0.25, 0.3) is 0 Å². The molecule has 2 aromatic rings. The maximum absolute atomic E-state index is 14.5. The van der Waals surface area contributed by atoms with Crippen LogP contribution in [0.4, 0.5) is 8.78 Å². The van der Waals surface area contributed by atoms with Crippen molar-refractivity contribution in [3.63, 3.8) is 0 Å². The van der Waals surface area contributed by atoms with Crippen LogP contribution in [0, 0.1) is 11.6 Å². The minimum absolute atomic E-state index is 0.0191. The van der Waals surface area contributed by atoms with Gasteiger partial charge in [0.1, 0.15) is 11.6 Å². The zero-order valence-corrected chi connectivity index (χ0v) is 15.3. The molecule has 1 aliphatic carbocycles. The van der Waals surface area contributed by atoms with Crippen molar-refractivity contribution in [1.82, 2.24) is 14.8 Å². The second-order valence-corrected chi connectivity index (χ2v) is 7.57. The van der Waals surface area contributed by atoms with Crippen LogP contribution in [0.2, 0.25) is 0 Å². The molecule has 27 heavy (non-hydrogen) atoms. The van der Waals surface area contributed by atoms with E-state index in [0.29, 0.717) is 12.1 Å². The Hall–Kier alpha value is -2.21. The molecule has 0 saturated heterocycles. The molecule has 1 aromatic heterocycles. The van der Waals surface area contributed by atoms with E-state index in [1.165, 1.54) is 18.6 Å². The summed E-state index contributed by atoms with van der Waals surface area (Å²) < 4.78 is 30.0. The number of benzene rings is 1. The summed E-state index contributed by atoms with van der Waals surface area (Å²) in [6.07, 6.45) is 7.58. The Morgan fingerprint density at radius 3 is 2.70 bits per heavy atom. The topological polar surface area (TPSA) is 37.3 Å². The molecule has 4 nitrogen and oxygen atoms in total. The van der Waals surface area contributed by atoms with Crippen LogP contribution in [-0.4, -0.2) is 34.5 Å². The molecular formula is C21H25F2N3O. The van der Waals surface area contributed by atoms with E-state index >= 15 is 0 Å². The van der Waals surface area contributed by atoms with Crippen LogP contribution in [0.1, 0.15) is 49.4 Å². The molecule has 2 aliphatic rings. The van der Waals surface area contributed by atoms with Gasteiger partial charge in [0, 0.05) is 42.7 Å². The van der Waals surface area contributed by atoms with Crippen molar-refractivity contribution in [3.8, 4) is 0 Å². The molecule has 4 rings (SSSR count). The molecule has 1 atom stereocenters. The fourth-order valence-corrected chi connectivity index (χ4v) is 4.39. The van der Waals surface area contributed by atoms with Gasteiger partial charge in [-0.15, -0.1) is 0 Å². The molecule has 1 fully saturated rings. The summed E-state index contributed by atoms with van der Waals surface area (Å²) in [6, 6.07) is 7.41. The number of halogens is 2. The Kier molecular flexibility index (Phi) is 5.25. The maximum Gasteiger partial charge on any atom is 0.234 e. The highest BCUT2D eigenvalue weighted by molar-refractivity contribution is 5.78. The average Bonchev–Trinajstić information content (AvgIpc) is 3.12. The molecule has 1 amide bonds. The largest absolute Gasteiger partial charge is 0.352 e. The van der Waals surface area contributed by atoms with Crippen molar-refractivity contribution < 1.29 is 13.6 Å². The molecular weight excluding hydrogens is 348 g/mol. The molecule has 2 heterocycles. The fraction of sp³-hybridized carbons (Fsp3) is 0.476. The molecule has 6 heteroatoms. The second-order valence-electron chi connectivity index (χ2n) is 7.57. The Labute approximate surface area is 158 Å². The van der Waals surface area contributed by atoms with E-state index in [9.17, 15) is 13.6 Å². The van der Waals surface area contributed by atoms with E-state index in [4.69, 9.17) is 0 Å². The Balaban J connectivity index is 1.56. The van der Waals surface area contributed by atoms with Gasteiger partial charge >= 0.3 is 0 Å². The van der Waals surface area contributed by atoms with Gasteiger partial charge in [0.2, 0.25) is 5.91 Å². The standard InChI is InChI=1S/C21H25F2N3O/c22-15-8-9-17(18(23)13-15)21-19-7-4-10-25(19)11-12-26(21)14-20(27)24-16-5-2-1-3-6-16/h4,7-10,13,16,21H,1-3,5-6,11-12,14H2,(H,24,27). The second kappa shape index (κ2) is 7.80. The van der Waals surface area contributed by atoms with Crippen LogP contribution in [-0.2, 0) is 11.3 Å². The number of nitrogens with one attached hydrogen (secondary N) is 1. The smallest absolute Gasteiger partial charge is 0.234 e. The number of hydrogen-bond acceptors (Lipinski definition) is 2. The number of fused-ring (bicyclic) bond motifs is 1. The number of rotatable bonds is 4. The van der Waals surface area contributed by atoms with Crippen LogP contribution in [0.15, 0.2) is 36.5 Å². The lowest BCUT2D eigenvalue weighted by molar-refractivity contribution is -0.123. The lowest BCUT2D eigenvalue weighted by Crippen LogP contribution is -2.47. The van der Waals surface area contributed by atoms with Crippen LogP contribution in [0.5, 0.6) is 0 Å². The first-order chi connectivity index (χ1) is 13.1. The molecule has 1 aromatic carbocycles. The van der Waals surface area contributed by atoms with Gasteiger partial charge in [-0.2, -0.15) is 0 Å². The van der Waals surface area contributed by atoms with Gasteiger partial charge in [0.05, 0.1) is 12.6 Å². The summed E-state index contributed by atoms with van der Waals surface area (Å²) in [5.74, 6) is -1.19.